The molecule has 0 bridgehead atoms. The van der Waals surface area contributed by atoms with E-state index in [1.54, 1.807) is 42.6 Å². The highest BCUT2D eigenvalue weighted by Gasteiger charge is 2.43. The number of ketones is 1. The van der Waals surface area contributed by atoms with E-state index in [0.29, 0.717) is 5.69 Å². The molecule has 1 N–H and O–H groups in total. The molecular formula is C20H20N2O5. The van der Waals surface area contributed by atoms with Gasteiger partial charge in [0.15, 0.2) is 6.61 Å². The van der Waals surface area contributed by atoms with Crippen molar-refractivity contribution in [3.8, 4) is 0 Å². The molecule has 0 radical (unpaired) electrons. The molecule has 2 heterocycles. The smallest absolute Gasteiger partial charge is 0.329 e. The lowest BCUT2D eigenvalue weighted by Crippen LogP contribution is -2.46. The predicted octanol–water partition coefficient (Wildman–Crippen LogP) is 2.45. The van der Waals surface area contributed by atoms with Crippen LogP contribution in [0.15, 0.2) is 42.6 Å². The molecule has 7 nitrogen and oxygen atoms in total. The molecule has 0 spiro atoms. The summed E-state index contributed by atoms with van der Waals surface area (Å²) < 4.78 is 5.14. The number of imide groups is 1. The predicted molar refractivity (Wildman–Crippen MR) is 96.3 cm³/mol. The molecule has 1 aliphatic rings. The van der Waals surface area contributed by atoms with Gasteiger partial charge in [-0.25, -0.2) is 4.79 Å². The van der Waals surface area contributed by atoms with Crippen molar-refractivity contribution in [3.63, 3.8) is 0 Å². The summed E-state index contributed by atoms with van der Waals surface area (Å²) >= 11 is 0. The average Bonchev–Trinajstić information content (AvgIpc) is 3.26. The number of hydrogen-bond donors (Lipinski definition) is 1. The summed E-state index contributed by atoms with van der Waals surface area (Å²) in [6.45, 7) is 3.29. The molecule has 1 atom stereocenters. The highest BCUT2D eigenvalue weighted by molar-refractivity contribution is 6.22. The fourth-order valence-corrected chi connectivity index (χ4v) is 3.06. The third-order valence-corrected chi connectivity index (χ3v) is 4.35. The highest BCUT2D eigenvalue weighted by Crippen LogP contribution is 2.27. The number of amides is 2. The minimum absolute atomic E-state index is 0.0333. The number of benzene rings is 1. The van der Waals surface area contributed by atoms with Crippen molar-refractivity contribution in [1.29, 1.82) is 0 Å². The van der Waals surface area contributed by atoms with Crippen molar-refractivity contribution in [1.82, 2.24) is 9.88 Å². The van der Waals surface area contributed by atoms with Gasteiger partial charge in [0.25, 0.3) is 11.8 Å². The van der Waals surface area contributed by atoms with E-state index in [-0.39, 0.29) is 29.2 Å². The quantitative estimate of drug-likeness (QED) is 0.460. The van der Waals surface area contributed by atoms with Gasteiger partial charge in [-0.15, -0.1) is 0 Å². The molecule has 0 saturated heterocycles. The van der Waals surface area contributed by atoms with Crippen molar-refractivity contribution >= 4 is 23.6 Å². The SMILES string of the molecule is CC(C)C[C@@H](C(=O)OCC(=O)c1ccc[nH]1)N1C(=O)c2ccccc2C1=O. The lowest BCUT2D eigenvalue weighted by Gasteiger charge is -2.25. The number of Topliss-reactive ketones (excluding diaryl/α,β-unsaturated/α-hetero) is 1. The zero-order valence-corrected chi connectivity index (χ0v) is 15.1. The summed E-state index contributed by atoms with van der Waals surface area (Å²) in [7, 11) is 0. The molecule has 7 heteroatoms. The van der Waals surface area contributed by atoms with Crippen LogP contribution in [0.1, 0.15) is 51.5 Å². The van der Waals surface area contributed by atoms with E-state index < -0.39 is 30.4 Å². The summed E-state index contributed by atoms with van der Waals surface area (Å²) in [6, 6.07) is 8.61. The zero-order valence-electron chi connectivity index (χ0n) is 15.1. The number of nitrogens with one attached hydrogen (secondary N) is 1. The lowest BCUT2D eigenvalue weighted by atomic mass is 10.0. The van der Waals surface area contributed by atoms with Crippen molar-refractivity contribution in [3.05, 3.63) is 59.4 Å². The number of esters is 1. The van der Waals surface area contributed by atoms with E-state index in [1.807, 2.05) is 13.8 Å². The molecule has 0 saturated carbocycles. The Bertz CT molecular complexity index is 851. The Hall–Kier alpha value is -3.22. The lowest BCUT2D eigenvalue weighted by molar-refractivity contribution is -0.147. The van der Waals surface area contributed by atoms with Crippen LogP contribution < -0.4 is 0 Å². The topological polar surface area (TPSA) is 96.5 Å². The van der Waals surface area contributed by atoms with E-state index in [4.69, 9.17) is 4.74 Å². The molecule has 1 aromatic heterocycles. The number of hydrogen-bond acceptors (Lipinski definition) is 5. The van der Waals surface area contributed by atoms with Gasteiger partial charge < -0.3 is 9.72 Å². The van der Waals surface area contributed by atoms with E-state index in [2.05, 4.69) is 4.98 Å². The number of ether oxygens (including phenoxy) is 1. The van der Waals surface area contributed by atoms with Gasteiger partial charge in [0.1, 0.15) is 6.04 Å². The largest absolute Gasteiger partial charge is 0.456 e. The maximum Gasteiger partial charge on any atom is 0.329 e. The molecule has 3 rings (SSSR count). The molecule has 140 valence electrons. The summed E-state index contributed by atoms with van der Waals surface area (Å²) in [6.07, 6.45) is 1.84. The average molecular weight is 368 g/mol. The van der Waals surface area contributed by atoms with Crippen LogP contribution in [0.3, 0.4) is 0 Å². The number of carbonyl (C=O) groups excluding carboxylic acids is 4. The number of aromatic nitrogens is 1. The molecular weight excluding hydrogens is 348 g/mol. The van der Waals surface area contributed by atoms with E-state index >= 15 is 0 Å². The number of nitrogens with zero attached hydrogens (tertiary/aromatic N) is 1. The summed E-state index contributed by atoms with van der Waals surface area (Å²) in [5.74, 6) is -2.16. The number of aromatic amines is 1. The van der Waals surface area contributed by atoms with Crippen LogP contribution in [-0.2, 0) is 9.53 Å². The minimum Gasteiger partial charge on any atom is -0.456 e. The minimum atomic E-state index is -1.08. The zero-order chi connectivity index (χ0) is 19.6. The Morgan fingerprint density at radius 2 is 1.67 bits per heavy atom. The van der Waals surface area contributed by atoms with Crippen LogP contribution in [0.2, 0.25) is 0 Å². The standard InChI is InChI=1S/C20H20N2O5/c1-12(2)10-16(20(26)27-11-17(23)15-8-5-9-21-15)22-18(24)13-6-3-4-7-14(13)19(22)25/h3-9,12,16,21H,10-11H2,1-2H3/t16-/m0/s1. The van der Waals surface area contributed by atoms with Gasteiger partial charge in [-0.2, -0.15) is 0 Å². The van der Waals surface area contributed by atoms with Crippen molar-refractivity contribution in [2.45, 2.75) is 26.3 Å². The maximum absolute atomic E-state index is 12.7. The Morgan fingerprint density at radius 3 is 2.19 bits per heavy atom. The molecule has 1 aromatic carbocycles. The first kappa shape index (κ1) is 18.6. The van der Waals surface area contributed by atoms with Gasteiger partial charge in [0.05, 0.1) is 16.8 Å². The second kappa shape index (κ2) is 7.57. The van der Waals surface area contributed by atoms with Crippen LogP contribution in [-0.4, -0.2) is 46.1 Å². The van der Waals surface area contributed by atoms with Gasteiger partial charge in [0.2, 0.25) is 5.78 Å². The molecule has 2 amide bonds. The van der Waals surface area contributed by atoms with Crippen molar-refractivity contribution in [2.24, 2.45) is 5.92 Å². The van der Waals surface area contributed by atoms with Crippen LogP contribution in [0.5, 0.6) is 0 Å². The molecule has 0 unspecified atom stereocenters. The van der Waals surface area contributed by atoms with Crippen molar-refractivity contribution < 1.29 is 23.9 Å². The Labute approximate surface area is 156 Å². The second-order valence-electron chi connectivity index (χ2n) is 6.79. The Balaban J connectivity index is 1.78. The third-order valence-electron chi connectivity index (χ3n) is 4.35. The van der Waals surface area contributed by atoms with Gasteiger partial charge in [-0.1, -0.05) is 26.0 Å². The fraction of sp³-hybridized carbons (Fsp3) is 0.300. The number of H-pyrrole nitrogens is 1. The maximum atomic E-state index is 12.7. The van der Waals surface area contributed by atoms with Crippen LogP contribution in [0.4, 0.5) is 0 Å². The molecule has 1 aliphatic heterocycles. The molecule has 2 aromatic rings. The normalized spacial score (nSPS) is 14.4. The van der Waals surface area contributed by atoms with E-state index in [0.717, 1.165) is 4.90 Å². The van der Waals surface area contributed by atoms with E-state index in [9.17, 15) is 19.2 Å². The highest BCUT2D eigenvalue weighted by atomic mass is 16.5. The first-order valence-corrected chi connectivity index (χ1v) is 8.70. The Kier molecular flexibility index (Phi) is 5.21. The van der Waals surface area contributed by atoms with Crippen LogP contribution >= 0.6 is 0 Å². The van der Waals surface area contributed by atoms with Crippen LogP contribution in [0.25, 0.3) is 0 Å². The number of rotatable bonds is 7. The third kappa shape index (κ3) is 3.67. The summed E-state index contributed by atoms with van der Waals surface area (Å²) in [5.41, 5.74) is 0.863. The summed E-state index contributed by atoms with van der Waals surface area (Å²) in [4.78, 5) is 53.7. The number of fused-ring (bicyclic) bond motifs is 1. The molecule has 0 aliphatic carbocycles. The van der Waals surface area contributed by atoms with Gasteiger partial charge >= 0.3 is 5.97 Å². The fourth-order valence-electron chi connectivity index (χ4n) is 3.06. The van der Waals surface area contributed by atoms with Gasteiger partial charge in [-0.3, -0.25) is 19.3 Å². The first-order chi connectivity index (χ1) is 12.9. The molecule has 27 heavy (non-hydrogen) atoms. The van der Waals surface area contributed by atoms with Gasteiger partial charge in [-0.05, 0) is 36.6 Å². The van der Waals surface area contributed by atoms with Crippen LogP contribution in [0, 0.1) is 5.92 Å². The Morgan fingerprint density at radius 1 is 1.04 bits per heavy atom. The van der Waals surface area contributed by atoms with E-state index in [1.165, 1.54) is 0 Å². The van der Waals surface area contributed by atoms with Crippen molar-refractivity contribution in [2.75, 3.05) is 6.61 Å². The monoisotopic (exact) mass is 368 g/mol. The molecule has 0 fully saturated rings. The number of carbonyl (C=O) groups is 4. The second-order valence-corrected chi connectivity index (χ2v) is 6.79. The van der Waals surface area contributed by atoms with Gasteiger partial charge in [0, 0.05) is 6.20 Å². The first-order valence-electron chi connectivity index (χ1n) is 8.70. The summed E-state index contributed by atoms with van der Waals surface area (Å²) in [5, 5.41) is 0.